The van der Waals surface area contributed by atoms with Crippen LogP contribution in [0, 0.1) is 0 Å². The molecule has 1 aliphatic rings. The van der Waals surface area contributed by atoms with Crippen LogP contribution >= 0.6 is 27.5 Å². The van der Waals surface area contributed by atoms with Crippen molar-refractivity contribution in [1.29, 1.82) is 0 Å². The van der Waals surface area contributed by atoms with Gasteiger partial charge in [0.15, 0.2) is 5.60 Å². The van der Waals surface area contributed by atoms with Crippen LogP contribution < -0.4 is 4.90 Å². The van der Waals surface area contributed by atoms with E-state index in [-0.39, 0.29) is 5.75 Å². The Bertz CT molecular complexity index is 872. The molecule has 0 spiro atoms. The third-order valence-electron chi connectivity index (χ3n) is 5.06. The van der Waals surface area contributed by atoms with Crippen molar-refractivity contribution in [3.8, 4) is 5.75 Å². The highest BCUT2D eigenvalue weighted by Gasteiger charge is 2.53. The van der Waals surface area contributed by atoms with Gasteiger partial charge in [0, 0.05) is 39.8 Å². The molecular formula is C20H22BrClN2O3. The second-order valence-electron chi connectivity index (χ2n) is 6.50. The van der Waals surface area contributed by atoms with Gasteiger partial charge in [-0.15, -0.1) is 0 Å². The van der Waals surface area contributed by atoms with E-state index in [9.17, 15) is 15.0 Å². The van der Waals surface area contributed by atoms with Crippen LogP contribution in [0.1, 0.15) is 25.0 Å². The quantitative estimate of drug-likeness (QED) is 0.699. The number of hydrogen-bond donors (Lipinski definition) is 2. The monoisotopic (exact) mass is 452 g/mol. The zero-order chi connectivity index (χ0) is 19.8. The molecule has 1 amide bonds. The lowest BCUT2D eigenvalue weighted by atomic mass is 9.87. The highest BCUT2D eigenvalue weighted by molar-refractivity contribution is 9.10. The fourth-order valence-electron chi connectivity index (χ4n) is 3.57. The van der Waals surface area contributed by atoms with Crippen molar-refractivity contribution in [3.05, 3.63) is 57.0 Å². The third-order valence-corrected chi connectivity index (χ3v) is 6.01. The molecule has 2 aromatic rings. The second-order valence-corrected chi connectivity index (χ2v) is 7.76. The summed E-state index contributed by atoms with van der Waals surface area (Å²) < 4.78 is 0.457. The van der Waals surface area contributed by atoms with E-state index in [0.29, 0.717) is 39.4 Å². The lowest BCUT2D eigenvalue weighted by Crippen LogP contribution is -2.44. The number of aliphatic hydroxyl groups is 1. The standard InChI is InChI=1S/C20H22BrClN2O3/c1-3-23(4-2)9-10-24-17-12-13(25)11-15(21)18(17)20(27,19(24)26)14-7-5-6-8-16(14)22/h5-8,11-12,25,27H,3-4,9-10H2,1-2H3. The van der Waals surface area contributed by atoms with E-state index in [1.54, 1.807) is 24.3 Å². The first-order valence-electron chi connectivity index (χ1n) is 8.89. The summed E-state index contributed by atoms with van der Waals surface area (Å²) in [5.74, 6) is -0.450. The average Bonchev–Trinajstić information content (AvgIpc) is 2.85. The number of phenols is 1. The highest BCUT2D eigenvalue weighted by Crippen LogP contribution is 2.50. The number of rotatable bonds is 6. The molecule has 27 heavy (non-hydrogen) atoms. The van der Waals surface area contributed by atoms with Gasteiger partial charge in [-0.25, -0.2) is 0 Å². The summed E-state index contributed by atoms with van der Waals surface area (Å²) in [7, 11) is 0. The molecule has 3 rings (SSSR count). The molecule has 0 radical (unpaired) electrons. The predicted molar refractivity (Wildman–Crippen MR) is 110 cm³/mol. The van der Waals surface area contributed by atoms with Crippen LogP contribution in [0.3, 0.4) is 0 Å². The Morgan fingerprint density at radius 2 is 1.89 bits per heavy atom. The van der Waals surface area contributed by atoms with Crippen molar-refractivity contribution in [3.63, 3.8) is 0 Å². The molecule has 0 fully saturated rings. The van der Waals surface area contributed by atoms with E-state index in [0.717, 1.165) is 13.1 Å². The van der Waals surface area contributed by atoms with Gasteiger partial charge < -0.3 is 20.0 Å². The fraction of sp³-hybridized carbons (Fsp3) is 0.350. The Kier molecular flexibility index (Phi) is 5.82. The number of hydrogen-bond acceptors (Lipinski definition) is 4. The van der Waals surface area contributed by atoms with Crippen molar-refractivity contribution in [2.24, 2.45) is 0 Å². The molecule has 1 heterocycles. The number of nitrogens with zero attached hydrogens (tertiary/aromatic N) is 2. The Labute approximate surface area is 172 Å². The van der Waals surface area contributed by atoms with Gasteiger partial charge in [-0.1, -0.05) is 59.6 Å². The van der Waals surface area contributed by atoms with Crippen LogP contribution in [-0.2, 0) is 10.4 Å². The van der Waals surface area contributed by atoms with E-state index in [4.69, 9.17) is 11.6 Å². The normalized spacial score (nSPS) is 19.0. The van der Waals surface area contributed by atoms with Crippen LogP contribution in [-0.4, -0.2) is 47.2 Å². The van der Waals surface area contributed by atoms with Crippen molar-refractivity contribution in [1.82, 2.24) is 4.90 Å². The third kappa shape index (κ3) is 3.36. The number of benzene rings is 2. The number of carbonyl (C=O) groups is 1. The van der Waals surface area contributed by atoms with Gasteiger partial charge in [0.25, 0.3) is 5.91 Å². The first kappa shape index (κ1) is 20.1. The van der Waals surface area contributed by atoms with E-state index in [1.165, 1.54) is 17.0 Å². The molecule has 5 nitrogen and oxygen atoms in total. The molecule has 1 atom stereocenters. The van der Waals surface area contributed by atoms with Crippen LogP contribution in [0.15, 0.2) is 40.9 Å². The van der Waals surface area contributed by atoms with Crippen molar-refractivity contribution >= 4 is 39.1 Å². The van der Waals surface area contributed by atoms with E-state index >= 15 is 0 Å². The van der Waals surface area contributed by atoms with E-state index in [2.05, 4.69) is 34.7 Å². The summed E-state index contributed by atoms with van der Waals surface area (Å²) in [5.41, 5.74) is -0.697. The molecule has 2 aromatic carbocycles. The van der Waals surface area contributed by atoms with Crippen LogP contribution in [0.4, 0.5) is 5.69 Å². The second kappa shape index (κ2) is 7.80. The molecule has 7 heteroatoms. The molecule has 2 N–H and O–H groups in total. The molecule has 0 aliphatic carbocycles. The number of fused-ring (bicyclic) bond motifs is 1. The van der Waals surface area contributed by atoms with Gasteiger partial charge in [0.05, 0.1) is 5.69 Å². The van der Waals surface area contributed by atoms with E-state index in [1.807, 2.05) is 0 Å². The predicted octanol–water partition coefficient (Wildman–Crippen LogP) is 3.73. The minimum absolute atomic E-state index is 0.0182. The number of anilines is 1. The maximum absolute atomic E-state index is 13.4. The maximum Gasteiger partial charge on any atom is 0.268 e. The highest BCUT2D eigenvalue weighted by atomic mass is 79.9. The molecule has 0 aromatic heterocycles. The number of aromatic hydroxyl groups is 1. The number of carbonyl (C=O) groups excluding carboxylic acids is 1. The van der Waals surface area contributed by atoms with Crippen molar-refractivity contribution in [2.75, 3.05) is 31.1 Å². The summed E-state index contributed by atoms with van der Waals surface area (Å²) in [5, 5.41) is 22.0. The Balaban J connectivity index is 2.13. The first-order chi connectivity index (χ1) is 12.8. The fourth-order valence-corrected chi connectivity index (χ4v) is 4.57. The lowest BCUT2D eigenvalue weighted by Gasteiger charge is -2.26. The van der Waals surface area contributed by atoms with Crippen molar-refractivity contribution < 1.29 is 15.0 Å². The van der Waals surface area contributed by atoms with Gasteiger partial charge in [0.2, 0.25) is 0 Å². The molecule has 0 saturated carbocycles. The van der Waals surface area contributed by atoms with Gasteiger partial charge in [0.1, 0.15) is 5.75 Å². The molecular weight excluding hydrogens is 432 g/mol. The van der Waals surface area contributed by atoms with Crippen LogP contribution in [0.25, 0.3) is 0 Å². The SMILES string of the molecule is CCN(CC)CCN1C(=O)C(O)(c2ccccc2Cl)c2c(Br)cc(O)cc21. The van der Waals surface area contributed by atoms with Gasteiger partial charge in [-0.05, 0) is 25.2 Å². The molecule has 1 aliphatic heterocycles. The Hall–Kier alpha value is -1.60. The van der Waals surface area contributed by atoms with Gasteiger partial charge in [-0.2, -0.15) is 0 Å². The van der Waals surface area contributed by atoms with Crippen LogP contribution in [0.5, 0.6) is 5.75 Å². The van der Waals surface area contributed by atoms with Crippen LogP contribution in [0.2, 0.25) is 5.02 Å². The lowest BCUT2D eigenvalue weighted by molar-refractivity contribution is -0.132. The first-order valence-corrected chi connectivity index (χ1v) is 10.1. The summed E-state index contributed by atoms with van der Waals surface area (Å²) >= 11 is 9.73. The molecule has 0 saturated heterocycles. The zero-order valence-electron chi connectivity index (χ0n) is 15.2. The summed E-state index contributed by atoms with van der Waals surface area (Å²) in [6, 6.07) is 9.77. The number of amides is 1. The molecule has 1 unspecified atom stereocenters. The zero-order valence-corrected chi connectivity index (χ0v) is 17.6. The maximum atomic E-state index is 13.4. The number of halogens is 2. The number of phenolic OH excluding ortho intramolecular Hbond substituents is 1. The van der Waals surface area contributed by atoms with Gasteiger partial charge in [-0.3, -0.25) is 4.79 Å². The summed E-state index contributed by atoms with van der Waals surface area (Å²) in [4.78, 5) is 17.1. The average molecular weight is 454 g/mol. The topological polar surface area (TPSA) is 64.0 Å². The molecule has 144 valence electrons. The Morgan fingerprint density at radius 3 is 2.52 bits per heavy atom. The molecule has 0 bridgehead atoms. The minimum Gasteiger partial charge on any atom is -0.508 e. The van der Waals surface area contributed by atoms with E-state index < -0.39 is 11.5 Å². The minimum atomic E-state index is -1.91. The largest absolute Gasteiger partial charge is 0.508 e. The van der Waals surface area contributed by atoms with Gasteiger partial charge >= 0.3 is 0 Å². The summed E-state index contributed by atoms with van der Waals surface area (Å²) in [6.45, 7) is 6.91. The number of likely N-dealkylation sites (N-methyl/N-ethyl adjacent to an activating group) is 1. The Morgan fingerprint density at radius 1 is 1.22 bits per heavy atom. The smallest absolute Gasteiger partial charge is 0.268 e. The summed E-state index contributed by atoms with van der Waals surface area (Å²) in [6.07, 6.45) is 0. The van der Waals surface area contributed by atoms with Crippen molar-refractivity contribution in [2.45, 2.75) is 19.4 Å².